The maximum absolute atomic E-state index is 11.9. The average molecular weight is 337 g/mol. The first-order valence-electron chi connectivity index (χ1n) is 8.02. The van der Waals surface area contributed by atoms with Crippen molar-refractivity contribution in [3.8, 4) is 0 Å². The van der Waals surface area contributed by atoms with E-state index in [1.807, 2.05) is 14.1 Å². The predicted molar refractivity (Wildman–Crippen MR) is 86.0 cm³/mol. The number of amides is 2. The van der Waals surface area contributed by atoms with Crippen LogP contribution in [0.1, 0.15) is 25.7 Å². The van der Waals surface area contributed by atoms with Gasteiger partial charge in [0, 0.05) is 32.1 Å². The first kappa shape index (κ1) is 19.4. The van der Waals surface area contributed by atoms with E-state index in [0.717, 1.165) is 25.9 Å². The minimum absolute atomic E-state index is 0.0750. The van der Waals surface area contributed by atoms with Crippen LogP contribution in [-0.2, 0) is 14.4 Å². The van der Waals surface area contributed by atoms with Crippen LogP contribution in [0.2, 0.25) is 0 Å². The van der Waals surface area contributed by atoms with E-state index >= 15 is 0 Å². The lowest BCUT2D eigenvalue weighted by molar-refractivity contribution is -0.137. The number of aliphatic carboxylic acids is 1. The van der Waals surface area contributed by atoms with Gasteiger partial charge in [-0.15, -0.1) is 0 Å². The van der Waals surface area contributed by atoms with E-state index in [0.29, 0.717) is 12.6 Å². The lowest BCUT2D eigenvalue weighted by Gasteiger charge is -2.26. The number of hydrogen-bond acceptors (Lipinski definition) is 5. The third kappa shape index (κ3) is 8.51. The number of carboxylic acid groups (broad SMARTS) is 1. The van der Waals surface area contributed by atoms with E-state index in [9.17, 15) is 14.4 Å². The highest BCUT2D eigenvalue weighted by Crippen LogP contribution is 2.16. The van der Waals surface area contributed by atoms with Crippen LogP contribution >= 0.6 is 0 Å². The van der Waals surface area contributed by atoms with Gasteiger partial charge in [0.1, 0.15) is 0 Å². The molecule has 8 nitrogen and oxygen atoms in total. The van der Waals surface area contributed by atoms with Gasteiger partial charge in [0.15, 0.2) is 0 Å². The first-order chi connectivity index (χ1) is 10.9. The summed E-state index contributed by atoms with van der Waals surface area (Å²) in [5.74, 6) is -1.27. The molecule has 0 bridgehead atoms. The van der Waals surface area contributed by atoms with E-state index in [-0.39, 0.29) is 37.7 Å². The van der Waals surface area contributed by atoms with Gasteiger partial charge in [0.25, 0.3) is 0 Å². The number of carboxylic acids is 1. The molecule has 23 heavy (non-hydrogen) atoms. The molecule has 1 unspecified atom stereocenters. The minimum Gasteiger partial charge on any atom is -0.481 e. The minimum atomic E-state index is -0.948. The fraction of sp³-hybridized carbons (Fsp3) is 0.800. The number of nitrogens with zero attached hydrogens (tertiary/aromatic N) is 2. The number of rotatable bonds is 10. The molecule has 3 N–H and O–H groups in total. The van der Waals surface area contributed by atoms with E-state index in [1.54, 1.807) is 0 Å². The third-order valence-corrected chi connectivity index (χ3v) is 3.76. The average Bonchev–Trinajstić information content (AvgIpc) is 2.84. The summed E-state index contributed by atoms with van der Waals surface area (Å²) >= 11 is 0. The second-order valence-electron chi connectivity index (χ2n) is 6.12. The van der Waals surface area contributed by atoms with Crippen LogP contribution in [0, 0.1) is 0 Å². The maximum atomic E-state index is 11.9. The second kappa shape index (κ2) is 10.2. The summed E-state index contributed by atoms with van der Waals surface area (Å²) in [7, 11) is 4.05. The van der Waals surface area contributed by atoms with Gasteiger partial charge in [-0.25, -0.2) is 0 Å². The second-order valence-corrected chi connectivity index (χ2v) is 6.12. The summed E-state index contributed by atoms with van der Waals surface area (Å²) in [6.07, 6.45) is 2.28. The van der Waals surface area contributed by atoms with Crippen LogP contribution in [0.25, 0.3) is 0 Å². The molecule has 1 saturated heterocycles. The molecule has 132 valence electrons. The summed E-state index contributed by atoms with van der Waals surface area (Å²) in [5.41, 5.74) is 0. The molecule has 0 aromatic heterocycles. The Morgan fingerprint density at radius 1 is 1.13 bits per heavy atom. The van der Waals surface area contributed by atoms with Gasteiger partial charge >= 0.3 is 5.97 Å². The summed E-state index contributed by atoms with van der Waals surface area (Å²) < 4.78 is 0. The van der Waals surface area contributed by atoms with Gasteiger partial charge in [-0.1, -0.05) is 0 Å². The third-order valence-electron chi connectivity index (χ3n) is 3.76. The number of carbonyl (C=O) groups excluding carboxylic acids is 2. The van der Waals surface area contributed by atoms with Gasteiger partial charge in [-0.3, -0.25) is 19.3 Å². The Morgan fingerprint density at radius 3 is 2.43 bits per heavy atom. The number of nitrogens with one attached hydrogen (secondary N) is 2. The summed E-state index contributed by atoms with van der Waals surface area (Å²) in [4.78, 5) is 38.0. The Bertz CT molecular complexity index is 414. The monoisotopic (exact) mass is 337 g/mol. The molecular weight excluding hydrogens is 309 g/mol. The first-order valence-corrected chi connectivity index (χ1v) is 8.02. The van der Waals surface area contributed by atoms with Crippen molar-refractivity contribution in [2.24, 2.45) is 0 Å². The van der Waals surface area contributed by atoms with E-state index in [1.165, 1.54) is 0 Å². The highest BCUT2D eigenvalue weighted by molar-refractivity contribution is 5.80. The number of likely N-dealkylation sites (tertiary alicyclic amines) is 1. The fourth-order valence-corrected chi connectivity index (χ4v) is 2.68. The molecule has 0 spiro atoms. The van der Waals surface area contributed by atoms with Crippen LogP contribution in [0.3, 0.4) is 0 Å². The predicted octanol–water partition coefficient (Wildman–Crippen LogP) is -0.890. The molecule has 1 rings (SSSR count). The Balaban J connectivity index is 2.16. The van der Waals surface area contributed by atoms with Crippen molar-refractivity contribution in [3.63, 3.8) is 0 Å². The SMILES string of the molecule is C[15N](C)CC1CCC[15N]1[13CH2]C(=O)N[13CH2][13CH2][13C](=O)N[13CH2][13CH2][13C](=O)O. The highest BCUT2D eigenvalue weighted by atomic mass is 16.5. The molecule has 2 amide bonds. The summed E-state index contributed by atoms with van der Waals surface area (Å²) in [6.45, 7) is 2.62. The van der Waals surface area contributed by atoms with Gasteiger partial charge in [0.2, 0.25) is 11.8 Å². The van der Waals surface area contributed by atoms with E-state index in [2.05, 4.69) is 20.4 Å². The van der Waals surface area contributed by atoms with Crippen molar-refractivity contribution < 1.29 is 19.5 Å². The molecule has 0 radical (unpaired) electrons. The summed E-state index contributed by atoms with van der Waals surface area (Å²) in [5, 5.41) is 13.7. The lowest BCUT2D eigenvalue weighted by atomic mass is 10.2. The Morgan fingerprint density at radius 2 is 1.78 bits per heavy atom. The van der Waals surface area contributed by atoms with Gasteiger partial charge < -0.3 is 20.6 Å². The van der Waals surface area contributed by atoms with E-state index in [4.69, 9.17) is 5.11 Å². The zero-order valence-corrected chi connectivity index (χ0v) is 14.0. The molecule has 1 aliphatic heterocycles. The maximum Gasteiger partial charge on any atom is 0.305 e. The number of hydrogen-bond donors (Lipinski definition) is 3. The van der Waals surface area contributed by atoms with E-state index < -0.39 is 5.97 Å². The molecule has 1 atom stereocenters. The van der Waals surface area contributed by atoms with Gasteiger partial charge in [0.05, 0.1) is 13.0 Å². The van der Waals surface area contributed by atoms with Crippen molar-refractivity contribution in [1.29, 1.82) is 0 Å². The lowest BCUT2D eigenvalue weighted by Crippen LogP contribution is -2.44. The molecule has 0 aromatic carbocycles. The molecule has 1 heterocycles. The molecule has 1 aliphatic rings. The molecule has 0 saturated carbocycles. The smallest absolute Gasteiger partial charge is 0.305 e. The van der Waals surface area contributed by atoms with Crippen molar-refractivity contribution in [1.82, 2.24) is 20.4 Å². The largest absolute Gasteiger partial charge is 0.481 e. The normalized spacial score (nSPS) is 18.1. The van der Waals surface area contributed by atoms with Crippen LogP contribution in [0.15, 0.2) is 0 Å². The van der Waals surface area contributed by atoms with Gasteiger partial charge in [-0.05, 0) is 33.5 Å². The van der Waals surface area contributed by atoms with Crippen molar-refractivity contribution in [3.05, 3.63) is 0 Å². The number of carbonyl (C=O) groups is 3. The number of likely N-dealkylation sites (N-methyl/N-ethyl adjacent to an activating group) is 1. The van der Waals surface area contributed by atoms with Gasteiger partial charge in [-0.2, -0.15) is 0 Å². The molecule has 0 aromatic rings. The molecule has 0 aliphatic carbocycles. The molecule has 1 fully saturated rings. The Kier molecular flexibility index (Phi) is 8.57. The zero-order valence-electron chi connectivity index (χ0n) is 14.0. The Labute approximate surface area is 137 Å². The van der Waals surface area contributed by atoms with Crippen LogP contribution in [0.5, 0.6) is 0 Å². The molecule has 8 heteroatoms. The summed E-state index contributed by atoms with van der Waals surface area (Å²) in [6, 6.07) is 0.412. The zero-order chi connectivity index (χ0) is 17.2. The topological polar surface area (TPSA) is 102 Å². The van der Waals surface area contributed by atoms with Crippen LogP contribution in [-0.4, -0.2) is 85.6 Å². The van der Waals surface area contributed by atoms with Crippen molar-refractivity contribution in [2.75, 3.05) is 46.8 Å². The van der Waals surface area contributed by atoms with Crippen molar-refractivity contribution >= 4 is 17.8 Å². The Hall–Kier alpha value is -1.67. The fourth-order valence-electron chi connectivity index (χ4n) is 2.68. The highest BCUT2D eigenvalue weighted by Gasteiger charge is 2.26. The van der Waals surface area contributed by atoms with Crippen LogP contribution < -0.4 is 10.6 Å². The van der Waals surface area contributed by atoms with Crippen molar-refractivity contribution in [2.45, 2.75) is 31.7 Å². The molecular formula is C15H28N4O4. The van der Waals surface area contributed by atoms with Crippen LogP contribution in [0.4, 0.5) is 0 Å². The standard InChI is InChI=1S/C15H28N4O4/c1-18(2)10-12-4-3-9-19(12)11-14(21)17-7-5-13(20)16-8-6-15(22)23/h12H,3-11H2,1-2H3,(H,16,20)(H,17,21)(H,22,23)/i5+1,6+1,7+1,8+1,11+1,13+1,15+1,18+1,19+1. The quantitative estimate of drug-likeness (QED) is 0.353.